The van der Waals surface area contributed by atoms with Gasteiger partial charge in [0.05, 0.1) is 4.91 Å². The second-order valence-electron chi connectivity index (χ2n) is 4.24. The molecular weight excluding hydrogens is 262 g/mol. The van der Waals surface area contributed by atoms with Crippen LogP contribution in [0.5, 0.6) is 0 Å². The molecule has 2 rings (SSSR count). The normalized spacial score (nSPS) is 17.9. The molecule has 0 N–H and O–H groups in total. The van der Waals surface area contributed by atoms with Gasteiger partial charge in [-0.1, -0.05) is 60.7 Å². The van der Waals surface area contributed by atoms with E-state index in [-0.39, 0.29) is 5.91 Å². The van der Waals surface area contributed by atoms with Gasteiger partial charge in [-0.3, -0.25) is 9.69 Å². The largest absolute Gasteiger partial charge is 0.293 e. The van der Waals surface area contributed by atoms with E-state index in [2.05, 4.69) is 0 Å². The number of thioether (sulfide) groups is 1. The van der Waals surface area contributed by atoms with Crippen LogP contribution < -0.4 is 0 Å². The van der Waals surface area contributed by atoms with Crippen LogP contribution >= 0.6 is 24.0 Å². The van der Waals surface area contributed by atoms with Gasteiger partial charge in [-0.15, -0.1) is 0 Å². The van der Waals surface area contributed by atoms with Gasteiger partial charge in [0.2, 0.25) is 0 Å². The van der Waals surface area contributed by atoms with Gasteiger partial charge < -0.3 is 0 Å². The van der Waals surface area contributed by atoms with E-state index in [9.17, 15) is 4.79 Å². The number of rotatable bonds is 3. The van der Waals surface area contributed by atoms with E-state index in [1.165, 1.54) is 17.3 Å². The second-order valence-corrected chi connectivity index (χ2v) is 5.92. The lowest BCUT2D eigenvalue weighted by Crippen LogP contribution is -2.28. The summed E-state index contributed by atoms with van der Waals surface area (Å²) in [5.74, 6) is 0.0347. The fourth-order valence-electron chi connectivity index (χ4n) is 1.73. The summed E-state index contributed by atoms with van der Waals surface area (Å²) >= 11 is 6.61. The van der Waals surface area contributed by atoms with E-state index >= 15 is 0 Å². The Morgan fingerprint density at radius 2 is 2.00 bits per heavy atom. The van der Waals surface area contributed by atoms with Crippen molar-refractivity contribution in [1.82, 2.24) is 4.90 Å². The van der Waals surface area contributed by atoms with Crippen LogP contribution in [0.4, 0.5) is 0 Å². The van der Waals surface area contributed by atoms with Crippen molar-refractivity contribution in [3.8, 4) is 0 Å². The predicted molar refractivity (Wildman–Crippen MR) is 81.3 cm³/mol. The Bertz CT molecular complexity index is 505. The smallest absolute Gasteiger partial charge is 0.266 e. The van der Waals surface area contributed by atoms with Gasteiger partial charge in [-0.2, -0.15) is 0 Å². The van der Waals surface area contributed by atoms with Gasteiger partial charge in [0.15, 0.2) is 0 Å². The maximum atomic E-state index is 12.1. The average Bonchev–Trinajstić information content (AvgIpc) is 2.60. The van der Waals surface area contributed by atoms with Crippen LogP contribution in [-0.4, -0.2) is 21.7 Å². The number of aryl methyl sites for hydroxylation is 1. The summed E-state index contributed by atoms with van der Waals surface area (Å²) in [6.45, 7) is 4.79. The van der Waals surface area contributed by atoms with Crippen molar-refractivity contribution in [1.29, 1.82) is 0 Å². The number of benzene rings is 1. The highest BCUT2D eigenvalue weighted by Crippen LogP contribution is 2.32. The van der Waals surface area contributed by atoms with Crippen LogP contribution in [0, 0.1) is 6.92 Å². The molecule has 94 valence electrons. The topological polar surface area (TPSA) is 20.3 Å². The molecule has 2 nitrogen and oxygen atoms in total. The van der Waals surface area contributed by atoms with Gasteiger partial charge in [0.1, 0.15) is 4.32 Å². The third-order valence-corrected chi connectivity index (χ3v) is 4.07. The minimum atomic E-state index is 0.0347. The Labute approximate surface area is 117 Å². The van der Waals surface area contributed by atoms with Crippen molar-refractivity contribution < 1.29 is 4.79 Å². The first-order valence-electron chi connectivity index (χ1n) is 5.94. The molecule has 0 unspecified atom stereocenters. The summed E-state index contributed by atoms with van der Waals surface area (Å²) in [6, 6.07) is 8.11. The predicted octanol–water partition coefficient (Wildman–Crippen LogP) is 3.61. The second kappa shape index (κ2) is 5.67. The summed E-state index contributed by atoms with van der Waals surface area (Å²) in [5, 5.41) is 0. The molecule has 0 radical (unpaired) electrons. The van der Waals surface area contributed by atoms with E-state index in [1.807, 2.05) is 44.2 Å². The minimum absolute atomic E-state index is 0.0347. The Morgan fingerprint density at radius 1 is 1.33 bits per heavy atom. The first-order chi connectivity index (χ1) is 8.61. The summed E-state index contributed by atoms with van der Waals surface area (Å²) in [5.41, 5.74) is 2.25. The first kappa shape index (κ1) is 13.3. The van der Waals surface area contributed by atoms with Crippen LogP contribution in [0.1, 0.15) is 24.5 Å². The molecule has 1 saturated heterocycles. The molecule has 0 aromatic heterocycles. The number of hydrogen-bond acceptors (Lipinski definition) is 3. The zero-order valence-electron chi connectivity index (χ0n) is 10.5. The quantitative estimate of drug-likeness (QED) is 0.622. The lowest BCUT2D eigenvalue weighted by Gasteiger charge is -2.11. The highest BCUT2D eigenvalue weighted by molar-refractivity contribution is 8.26. The number of hydrogen-bond donors (Lipinski definition) is 0. The number of thiocarbonyl (C=S) groups is 1. The molecular formula is C14H15NOS2. The highest BCUT2D eigenvalue weighted by atomic mass is 32.2. The van der Waals surface area contributed by atoms with E-state index in [0.717, 1.165) is 16.9 Å². The number of carbonyl (C=O) groups excluding carboxylic acids is 1. The van der Waals surface area contributed by atoms with Gasteiger partial charge in [-0.05, 0) is 25.0 Å². The molecule has 0 saturated carbocycles. The molecule has 1 aromatic rings. The Balaban J connectivity index is 2.22. The molecule has 1 aliphatic rings. The van der Waals surface area contributed by atoms with Crippen molar-refractivity contribution in [3.63, 3.8) is 0 Å². The molecule has 0 spiro atoms. The van der Waals surface area contributed by atoms with Gasteiger partial charge in [-0.25, -0.2) is 0 Å². The van der Waals surface area contributed by atoms with Gasteiger partial charge >= 0.3 is 0 Å². The van der Waals surface area contributed by atoms with E-state index < -0.39 is 0 Å². The van der Waals surface area contributed by atoms with E-state index in [4.69, 9.17) is 12.2 Å². The molecule has 0 bridgehead atoms. The van der Waals surface area contributed by atoms with Crippen LogP contribution in [0.2, 0.25) is 0 Å². The Hall–Kier alpha value is -1.13. The zero-order valence-corrected chi connectivity index (χ0v) is 12.1. The van der Waals surface area contributed by atoms with Crippen LogP contribution in [0.15, 0.2) is 29.2 Å². The summed E-state index contributed by atoms with van der Waals surface area (Å²) < 4.78 is 0.667. The monoisotopic (exact) mass is 277 g/mol. The van der Waals surface area contributed by atoms with Crippen molar-refractivity contribution in [2.45, 2.75) is 20.3 Å². The molecule has 1 heterocycles. The van der Waals surface area contributed by atoms with Gasteiger partial charge in [0, 0.05) is 6.54 Å². The molecule has 18 heavy (non-hydrogen) atoms. The maximum absolute atomic E-state index is 12.1. The molecule has 0 aliphatic carbocycles. The molecule has 1 amide bonds. The van der Waals surface area contributed by atoms with Crippen LogP contribution in [0.3, 0.4) is 0 Å². The summed E-state index contributed by atoms with van der Waals surface area (Å²) in [6.07, 6.45) is 2.83. The summed E-state index contributed by atoms with van der Waals surface area (Å²) in [7, 11) is 0. The lowest BCUT2D eigenvalue weighted by molar-refractivity contribution is -0.122. The number of nitrogens with zero attached hydrogens (tertiary/aromatic N) is 1. The molecule has 0 atom stereocenters. The minimum Gasteiger partial charge on any atom is -0.293 e. The number of amides is 1. The molecule has 1 aromatic carbocycles. The standard InChI is InChI=1S/C14H15NOS2/c1-3-8-15-13(16)12(18-14(15)17)9-11-6-4-10(2)5-7-11/h4-7,9H,3,8H2,1-2H3. The fourth-order valence-corrected chi connectivity index (χ4v) is 3.04. The maximum Gasteiger partial charge on any atom is 0.266 e. The molecule has 1 fully saturated rings. The SMILES string of the molecule is CCCN1C(=O)C(=Cc2ccc(C)cc2)SC1=S. The van der Waals surface area contributed by atoms with Crippen molar-refractivity contribution in [3.05, 3.63) is 40.3 Å². The highest BCUT2D eigenvalue weighted by Gasteiger charge is 2.30. The summed E-state index contributed by atoms with van der Waals surface area (Å²) in [4.78, 5) is 14.5. The third-order valence-electron chi connectivity index (χ3n) is 2.70. The fraction of sp³-hybridized carbons (Fsp3) is 0.286. The first-order valence-corrected chi connectivity index (χ1v) is 7.16. The van der Waals surface area contributed by atoms with Crippen LogP contribution in [0.25, 0.3) is 6.08 Å². The Morgan fingerprint density at radius 3 is 2.61 bits per heavy atom. The average molecular weight is 277 g/mol. The lowest BCUT2D eigenvalue weighted by atomic mass is 10.1. The number of carbonyl (C=O) groups is 1. The van der Waals surface area contributed by atoms with E-state index in [0.29, 0.717) is 10.9 Å². The molecule has 4 heteroatoms. The van der Waals surface area contributed by atoms with Crippen molar-refractivity contribution in [2.75, 3.05) is 6.54 Å². The van der Waals surface area contributed by atoms with Crippen molar-refractivity contribution in [2.24, 2.45) is 0 Å². The molecule has 1 aliphatic heterocycles. The third kappa shape index (κ3) is 2.82. The van der Waals surface area contributed by atoms with E-state index in [1.54, 1.807) is 4.90 Å². The van der Waals surface area contributed by atoms with Crippen molar-refractivity contribution >= 4 is 40.3 Å². The zero-order chi connectivity index (χ0) is 13.1. The van der Waals surface area contributed by atoms with Gasteiger partial charge in [0.25, 0.3) is 5.91 Å². The Kier molecular flexibility index (Phi) is 4.19. The van der Waals surface area contributed by atoms with Crippen LogP contribution in [-0.2, 0) is 4.79 Å².